The highest BCUT2D eigenvalue weighted by Gasteiger charge is 2.22. The van der Waals surface area contributed by atoms with Crippen molar-refractivity contribution < 1.29 is 24.5 Å². The van der Waals surface area contributed by atoms with Gasteiger partial charge in [-0.05, 0) is 17.7 Å². The molecule has 0 bridgehead atoms. The van der Waals surface area contributed by atoms with Crippen LogP contribution in [0.4, 0.5) is 4.79 Å². The van der Waals surface area contributed by atoms with Gasteiger partial charge in [0.25, 0.3) is 0 Å². The highest BCUT2D eigenvalue weighted by Crippen LogP contribution is 2.17. The molecule has 1 rings (SSSR count). The van der Waals surface area contributed by atoms with Gasteiger partial charge in [0.2, 0.25) is 0 Å². The van der Waals surface area contributed by atoms with Crippen LogP contribution in [0.1, 0.15) is 11.6 Å². The molecule has 0 aliphatic rings. The van der Waals surface area contributed by atoms with E-state index >= 15 is 0 Å². The topological polar surface area (TPSA) is 95.9 Å². The molecule has 18 heavy (non-hydrogen) atoms. The van der Waals surface area contributed by atoms with Crippen molar-refractivity contribution in [2.45, 2.75) is 6.04 Å². The van der Waals surface area contributed by atoms with Crippen LogP contribution in [0.3, 0.4) is 0 Å². The number of rotatable bonds is 5. The lowest BCUT2D eigenvalue weighted by Crippen LogP contribution is -2.34. The molecule has 6 nitrogen and oxygen atoms in total. The summed E-state index contributed by atoms with van der Waals surface area (Å²) in [6.45, 7) is 3.36. The first-order valence-corrected chi connectivity index (χ1v) is 5.10. The Morgan fingerprint density at radius 2 is 2.00 bits per heavy atom. The molecule has 0 aliphatic carbocycles. The highest BCUT2D eigenvalue weighted by atomic mass is 16.5. The van der Waals surface area contributed by atoms with E-state index in [9.17, 15) is 9.59 Å². The van der Waals surface area contributed by atoms with Gasteiger partial charge in [-0.15, -0.1) is 0 Å². The fourth-order valence-corrected chi connectivity index (χ4v) is 1.25. The predicted octanol–water partition coefficient (Wildman–Crippen LogP) is 1.43. The zero-order valence-corrected chi connectivity index (χ0v) is 9.50. The lowest BCUT2D eigenvalue weighted by Gasteiger charge is -2.14. The third kappa shape index (κ3) is 3.82. The first-order chi connectivity index (χ1) is 8.54. The van der Waals surface area contributed by atoms with E-state index in [-0.39, 0.29) is 12.4 Å². The van der Waals surface area contributed by atoms with Gasteiger partial charge in [0.15, 0.2) is 6.04 Å². The number of carbonyl (C=O) groups excluding carboxylic acids is 1. The normalized spacial score (nSPS) is 11.3. The number of carboxylic acids is 1. The number of hydrogen-bond acceptors (Lipinski definition) is 4. The average Bonchev–Trinajstić information content (AvgIpc) is 2.34. The Morgan fingerprint density at radius 1 is 1.39 bits per heavy atom. The Hall–Kier alpha value is -2.50. The van der Waals surface area contributed by atoms with Crippen LogP contribution < -0.4 is 5.32 Å². The maximum Gasteiger partial charge on any atom is 0.408 e. The van der Waals surface area contributed by atoms with Gasteiger partial charge >= 0.3 is 12.1 Å². The molecular formula is C12H13NO5. The third-order valence-electron chi connectivity index (χ3n) is 2.07. The number of carboxylic acid groups (broad SMARTS) is 1. The van der Waals surface area contributed by atoms with Crippen LogP contribution in [-0.2, 0) is 9.53 Å². The van der Waals surface area contributed by atoms with Gasteiger partial charge in [0.05, 0.1) is 0 Å². The third-order valence-corrected chi connectivity index (χ3v) is 2.07. The molecule has 0 saturated heterocycles. The van der Waals surface area contributed by atoms with E-state index in [2.05, 4.69) is 16.6 Å². The molecule has 1 amide bonds. The van der Waals surface area contributed by atoms with E-state index < -0.39 is 18.1 Å². The van der Waals surface area contributed by atoms with Crippen molar-refractivity contribution in [1.82, 2.24) is 5.32 Å². The first-order valence-electron chi connectivity index (χ1n) is 5.10. The second-order valence-electron chi connectivity index (χ2n) is 3.39. The zero-order chi connectivity index (χ0) is 13.5. The van der Waals surface area contributed by atoms with Crippen molar-refractivity contribution >= 4 is 12.1 Å². The number of hydrogen-bond donors (Lipinski definition) is 3. The van der Waals surface area contributed by atoms with E-state index in [1.807, 2.05) is 0 Å². The Kier molecular flexibility index (Phi) is 4.74. The monoisotopic (exact) mass is 251 g/mol. The molecule has 96 valence electrons. The summed E-state index contributed by atoms with van der Waals surface area (Å²) in [4.78, 5) is 22.3. The Labute approximate surface area is 104 Å². The maximum absolute atomic E-state index is 11.3. The van der Waals surface area contributed by atoms with Crippen molar-refractivity contribution in [2.75, 3.05) is 6.61 Å². The Bertz CT molecular complexity index is 440. The molecule has 1 aromatic carbocycles. The average molecular weight is 251 g/mol. The van der Waals surface area contributed by atoms with E-state index in [0.717, 1.165) is 0 Å². The van der Waals surface area contributed by atoms with Crippen molar-refractivity contribution in [3.63, 3.8) is 0 Å². The SMILES string of the molecule is C=CCOC(=O)N[C@@H](C(=O)O)c1ccc(O)cc1. The molecule has 0 aromatic heterocycles. The molecular weight excluding hydrogens is 238 g/mol. The molecule has 0 heterocycles. The van der Waals surface area contributed by atoms with Crippen molar-refractivity contribution in [3.8, 4) is 5.75 Å². The van der Waals surface area contributed by atoms with Gasteiger partial charge in [0.1, 0.15) is 12.4 Å². The Morgan fingerprint density at radius 3 is 2.50 bits per heavy atom. The highest BCUT2D eigenvalue weighted by molar-refractivity contribution is 5.81. The summed E-state index contributed by atoms with van der Waals surface area (Å²) in [7, 11) is 0. The summed E-state index contributed by atoms with van der Waals surface area (Å²) in [6.07, 6.45) is 0.519. The molecule has 0 spiro atoms. The minimum atomic E-state index is -1.23. The van der Waals surface area contributed by atoms with E-state index in [4.69, 9.17) is 10.2 Å². The van der Waals surface area contributed by atoms with Gasteiger partial charge in [-0.3, -0.25) is 0 Å². The number of aromatic hydroxyl groups is 1. The predicted molar refractivity (Wildman–Crippen MR) is 63.2 cm³/mol. The second kappa shape index (κ2) is 6.29. The van der Waals surface area contributed by atoms with Gasteiger partial charge in [-0.2, -0.15) is 0 Å². The van der Waals surface area contributed by atoms with Gasteiger partial charge in [-0.1, -0.05) is 24.8 Å². The van der Waals surface area contributed by atoms with Crippen LogP contribution in [0.2, 0.25) is 0 Å². The van der Waals surface area contributed by atoms with Gasteiger partial charge < -0.3 is 20.3 Å². The summed E-state index contributed by atoms with van der Waals surface area (Å²) in [5.41, 5.74) is 0.329. The minimum Gasteiger partial charge on any atom is -0.508 e. The number of phenols is 1. The molecule has 0 fully saturated rings. The molecule has 0 aliphatic heterocycles. The number of ether oxygens (including phenoxy) is 1. The zero-order valence-electron chi connectivity index (χ0n) is 9.50. The van der Waals surface area contributed by atoms with Crippen LogP contribution in [0.5, 0.6) is 5.75 Å². The van der Waals surface area contributed by atoms with Crippen LogP contribution in [-0.4, -0.2) is 28.9 Å². The molecule has 3 N–H and O–H groups in total. The van der Waals surface area contributed by atoms with Crippen LogP contribution >= 0.6 is 0 Å². The summed E-state index contributed by atoms with van der Waals surface area (Å²) in [5, 5.41) is 20.3. The number of nitrogens with one attached hydrogen (secondary N) is 1. The smallest absolute Gasteiger partial charge is 0.408 e. The molecule has 1 atom stereocenters. The summed E-state index contributed by atoms with van der Waals surface area (Å²) in [5.74, 6) is -1.21. The van der Waals surface area contributed by atoms with Crippen molar-refractivity contribution in [2.24, 2.45) is 0 Å². The molecule has 0 radical (unpaired) electrons. The van der Waals surface area contributed by atoms with Crippen LogP contribution in [0.25, 0.3) is 0 Å². The van der Waals surface area contributed by atoms with Gasteiger partial charge in [-0.25, -0.2) is 9.59 Å². The Balaban J connectivity index is 2.77. The standard InChI is InChI=1S/C12H13NO5/c1-2-7-18-12(17)13-10(11(15)16)8-3-5-9(14)6-4-8/h2-6,10,14H,1,7H2,(H,13,17)(H,15,16)/t10-/m1/s1. The van der Waals surface area contributed by atoms with Gasteiger partial charge in [0, 0.05) is 0 Å². The minimum absolute atomic E-state index is 0.00620. The lowest BCUT2D eigenvalue weighted by molar-refractivity contribution is -0.139. The fraction of sp³-hybridized carbons (Fsp3) is 0.167. The van der Waals surface area contributed by atoms with Crippen LogP contribution in [0.15, 0.2) is 36.9 Å². The quantitative estimate of drug-likeness (QED) is 0.688. The summed E-state index contributed by atoms with van der Waals surface area (Å²) >= 11 is 0. The van der Waals surface area contributed by atoms with E-state index in [0.29, 0.717) is 5.56 Å². The lowest BCUT2D eigenvalue weighted by atomic mass is 10.1. The number of amides is 1. The molecule has 0 unspecified atom stereocenters. The molecule has 6 heteroatoms. The first kappa shape index (κ1) is 13.6. The summed E-state index contributed by atoms with van der Waals surface area (Å²) in [6, 6.07) is 4.25. The summed E-state index contributed by atoms with van der Waals surface area (Å²) < 4.78 is 4.64. The van der Waals surface area contributed by atoms with Crippen molar-refractivity contribution in [3.05, 3.63) is 42.5 Å². The largest absolute Gasteiger partial charge is 0.508 e. The number of phenolic OH excluding ortho intramolecular Hbond substituents is 1. The van der Waals surface area contributed by atoms with Crippen LogP contribution in [0, 0.1) is 0 Å². The number of alkyl carbamates (subject to hydrolysis) is 1. The molecule has 1 aromatic rings. The fourth-order valence-electron chi connectivity index (χ4n) is 1.25. The maximum atomic E-state index is 11.3. The van der Waals surface area contributed by atoms with Crippen molar-refractivity contribution in [1.29, 1.82) is 0 Å². The number of carbonyl (C=O) groups is 2. The van der Waals surface area contributed by atoms with E-state index in [1.165, 1.54) is 30.3 Å². The second-order valence-corrected chi connectivity index (χ2v) is 3.39. The number of benzene rings is 1. The van der Waals surface area contributed by atoms with E-state index in [1.54, 1.807) is 0 Å². The molecule has 0 saturated carbocycles. The number of aliphatic carboxylic acids is 1.